The molecule has 3 rings (SSSR count). The molecule has 0 bridgehead atoms. The zero-order valence-corrected chi connectivity index (χ0v) is 18.4. The lowest BCUT2D eigenvalue weighted by molar-refractivity contribution is -0.136. The molecule has 1 radical (unpaired) electrons. The van der Waals surface area contributed by atoms with E-state index in [-0.39, 0.29) is 30.5 Å². The van der Waals surface area contributed by atoms with Gasteiger partial charge in [-0.3, -0.25) is 14.7 Å². The molecule has 165 valence electrons. The standard InChI is InChI=1S/C27H29N2O3/c1-2-3-16-28-26(31)20-29(27(32)18-21-10-5-4-6-11-21)19-22-12-9-13-23(17-22)24-14-7-8-15-25(24)30/h4-15,17H,2-3,16,18-20H2,1H3,(H,28,31). The van der Waals surface area contributed by atoms with Crippen LogP contribution in [0.5, 0.6) is 5.75 Å². The van der Waals surface area contributed by atoms with Gasteiger partial charge in [-0.15, -0.1) is 0 Å². The summed E-state index contributed by atoms with van der Waals surface area (Å²) in [5.41, 5.74) is 3.20. The third-order valence-electron chi connectivity index (χ3n) is 5.24. The van der Waals surface area contributed by atoms with Gasteiger partial charge in [0.05, 0.1) is 13.0 Å². The molecule has 0 unspecified atom stereocenters. The molecule has 0 aliphatic carbocycles. The van der Waals surface area contributed by atoms with Gasteiger partial charge < -0.3 is 10.2 Å². The maximum atomic E-state index is 13.1. The van der Waals surface area contributed by atoms with Crippen molar-refractivity contribution in [1.29, 1.82) is 0 Å². The van der Waals surface area contributed by atoms with Crippen LogP contribution in [0.25, 0.3) is 11.1 Å². The Kier molecular flexibility index (Phi) is 8.44. The number of nitrogens with one attached hydrogen (secondary N) is 1. The number of benzene rings is 3. The van der Waals surface area contributed by atoms with Crippen molar-refractivity contribution in [1.82, 2.24) is 10.2 Å². The SMILES string of the molecule is CCCCNC(=O)CN(Cc1cccc(-c2ccccc2[O])c1)C(=O)Cc1ccccc1. The van der Waals surface area contributed by atoms with Crippen molar-refractivity contribution in [2.45, 2.75) is 32.7 Å². The van der Waals surface area contributed by atoms with Crippen molar-refractivity contribution >= 4 is 11.8 Å². The predicted octanol–water partition coefficient (Wildman–Crippen LogP) is 4.99. The van der Waals surface area contributed by atoms with Crippen molar-refractivity contribution < 1.29 is 14.7 Å². The van der Waals surface area contributed by atoms with Gasteiger partial charge in [0.2, 0.25) is 11.8 Å². The van der Waals surface area contributed by atoms with Crippen LogP contribution in [0, 0.1) is 0 Å². The Morgan fingerprint density at radius 3 is 2.34 bits per heavy atom. The monoisotopic (exact) mass is 429 g/mol. The Morgan fingerprint density at radius 2 is 1.59 bits per heavy atom. The zero-order valence-electron chi connectivity index (χ0n) is 18.4. The molecule has 0 fully saturated rings. The number of hydrogen-bond donors (Lipinski definition) is 1. The third kappa shape index (κ3) is 6.71. The lowest BCUT2D eigenvalue weighted by atomic mass is 10.0. The minimum Gasteiger partial charge on any atom is -0.355 e. The Morgan fingerprint density at radius 1 is 0.875 bits per heavy atom. The van der Waals surface area contributed by atoms with E-state index in [4.69, 9.17) is 0 Å². The molecular formula is C27H29N2O3. The van der Waals surface area contributed by atoms with E-state index >= 15 is 0 Å². The average molecular weight is 430 g/mol. The van der Waals surface area contributed by atoms with Crippen LogP contribution in [0.1, 0.15) is 30.9 Å². The molecule has 0 aliphatic heterocycles. The first-order valence-corrected chi connectivity index (χ1v) is 11.0. The quantitative estimate of drug-likeness (QED) is 0.462. The maximum absolute atomic E-state index is 13.1. The van der Waals surface area contributed by atoms with Gasteiger partial charge in [-0.1, -0.05) is 80.1 Å². The molecule has 0 aromatic heterocycles. The minimum absolute atomic E-state index is 0.00223. The summed E-state index contributed by atoms with van der Waals surface area (Å²) in [4.78, 5) is 27.1. The molecule has 0 spiro atoms. The van der Waals surface area contributed by atoms with E-state index in [0.717, 1.165) is 29.5 Å². The molecule has 5 heteroatoms. The highest BCUT2D eigenvalue weighted by atomic mass is 16.3. The lowest BCUT2D eigenvalue weighted by Gasteiger charge is -2.23. The van der Waals surface area contributed by atoms with Gasteiger partial charge in [0.25, 0.3) is 0 Å². The molecule has 3 aromatic rings. The fraction of sp³-hybridized carbons (Fsp3) is 0.259. The Balaban J connectivity index is 1.78. The van der Waals surface area contributed by atoms with Crippen LogP contribution in [-0.4, -0.2) is 29.8 Å². The molecule has 0 saturated carbocycles. The van der Waals surface area contributed by atoms with E-state index in [9.17, 15) is 14.7 Å². The molecule has 32 heavy (non-hydrogen) atoms. The summed E-state index contributed by atoms with van der Waals surface area (Å²) in [6.45, 7) is 2.96. The topological polar surface area (TPSA) is 69.3 Å². The Labute approximate surface area is 189 Å². The summed E-state index contributed by atoms with van der Waals surface area (Å²) in [5, 5.41) is 15.1. The molecule has 0 heterocycles. The van der Waals surface area contributed by atoms with E-state index in [1.165, 1.54) is 0 Å². The summed E-state index contributed by atoms with van der Waals surface area (Å²) < 4.78 is 0. The first-order chi connectivity index (χ1) is 15.6. The van der Waals surface area contributed by atoms with Crippen molar-refractivity contribution in [3.8, 4) is 16.9 Å². The van der Waals surface area contributed by atoms with Crippen LogP contribution in [0.15, 0.2) is 78.9 Å². The number of rotatable bonds is 10. The number of carbonyl (C=O) groups is 2. The summed E-state index contributed by atoms with van der Waals surface area (Å²) in [6.07, 6.45) is 2.12. The van der Waals surface area contributed by atoms with Crippen LogP contribution in [0.4, 0.5) is 0 Å². The molecule has 1 N–H and O–H groups in total. The number of nitrogens with zero attached hydrogens (tertiary/aromatic N) is 1. The summed E-state index contributed by atoms with van der Waals surface area (Å²) in [6, 6.07) is 24.0. The Bertz CT molecular complexity index is 1030. The molecule has 2 amide bonds. The zero-order chi connectivity index (χ0) is 22.8. The van der Waals surface area contributed by atoms with E-state index in [1.807, 2.05) is 60.7 Å². The van der Waals surface area contributed by atoms with Crippen LogP contribution >= 0.6 is 0 Å². The fourth-order valence-electron chi connectivity index (χ4n) is 3.51. The second-order valence-corrected chi connectivity index (χ2v) is 7.81. The van der Waals surface area contributed by atoms with Crippen molar-refractivity contribution in [2.75, 3.05) is 13.1 Å². The molecule has 3 aromatic carbocycles. The van der Waals surface area contributed by atoms with Crippen molar-refractivity contribution in [2.24, 2.45) is 0 Å². The van der Waals surface area contributed by atoms with Crippen LogP contribution in [0.2, 0.25) is 0 Å². The summed E-state index contributed by atoms with van der Waals surface area (Å²) in [5.74, 6) is -0.325. The van der Waals surface area contributed by atoms with Crippen molar-refractivity contribution in [3.05, 3.63) is 90.0 Å². The van der Waals surface area contributed by atoms with E-state index in [0.29, 0.717) is 18.7 Å². The summed E-state index contributed by atoms with van der Waals surface area (Å²) in [7, 11) is 0. The molecular weight excluding hydrogens is 400 g/mol. The van der Waals surface area contributed by atoms with Gasteiger partial charge in [0.15, 0.2) is 5.75 Å². The highest BCUT2D eigenvalue weighted by Crippen LogP contribution is 2.29. The van der Waals surface area contributed by atoms with E-state index in [1.54, 1.807) is 23.1 Å². The van der Waals surface area contributed by atoms with Gasteiger partial charge in [0, 0.05) is 18.7 Å². The normalized spacial score (nSPS) is 10.5. The van der Waals surface area contributed by atoms with Gasteiger partial charge in [-0.05, 0) is 35.2 Å². The number of hydrogen-bond acceptors (Lipinski definition) is 2. The first kappa shape index (κ1) is 23.1. The smallest absolute Gasteiger partial charge is 0.239 e. The van der Waals surface area contributed by atoms with Gasteiger partial charge in [-0.2, -0.15) is 0 Å². The average Bonchev–Trinajstić information content (AvgIpc) is 2.80. The van der Waals surface area contributed by atoms with Crippen LogP contribution in [-0.2, 0) is 27.7 Å². The third-order valence-corrected chi connectivity index (χ3v) is 5.24. The minimum atomic E-state index is -0.166. The second-order valence-electron chi connectivity index (χ2n) is 7.81. The van der Waals surface area contributed by atoms with E-state index in [2.05, 4.69) is 12.2 Å². The first-order valence-electron chi connectivity index (χ1n) is 11.0. The van der Waals surface area contributed by atoms with Crippen LogP contribution in [0.3, 0.4) is 0 Å². The highest BCUT2D eigenvalue weighted by Gasteiger charge is 2.18. The highest BCUT2D eigenvalue weighted by molar-refractivity contribution is 5.86. The molecule has 5 nitrogen and oxygen atoms in total. The predicted molar refractivity (Wildman–Crippen MR) is 125 cm³/mol. The molecule has 0 aliphatic rings. The maximum Gasteiger partial charge on any atom is 0.239 e. The van der Waals surface area contributed by atoms with E-state index < -0.39 is 0 Å². The number of carbonyl (C=O) groups excluding carboxylic acids is 2. The van der Waals surface area contributed by atoms with Gasteiger partial charge in [-0.25, -0.2) is 0 Å². The molecule has 0 atom stereocenters. The largest absolute Gasteiger partial charge is 0.355 e. The lowest BCUT2D eigenvalue weighted by Crippen LogP contribution is -2.41. The summed E-state index contributed by atoms with van der Waals surface area (Å²) >= 11 is 0. The number of para-hydroxylation sites is 1. The number of amides is 2. The van der Waals surface area contributed by atoms with Crippen LogP contribution < -0.4 is 5.32 Å². The van der Waals surface area contributed by atoms with Crippen molar-refractivity contribution in [3.63, 3.8) is 0 Å². The Hall–Kier alpha value is -3.60. The number of unbranched alkanes of at least 4 members (excludes halogenated alkanes) is 1. The van der Waals surface area contributed by atoms with Gasteiger partial charge >= 0.3 is 0 Å². The fourth-order valence-corrected chi connectivity index (χ4v) is 3.51. The van der Waals surface area contributed by atoms with Gasteiger partial charge in [0.1, 0.15) is 0 Å². The molecule has 0 saturated heterocycles. The second kappa shape index (κ2) is 11.7.